The molecular formula is C29H36F3N9O2S. The van der Waals surface area contributed by atoms with Gasteiger partial charge >= 0.3 is 12.1 Å². The Morgan fingerprint density at radius 2 is 1.57 bits per heavy atom. The maximum atomic E-state index is 13.8. The van der Waals surface area contributed by atoms with Crippen molar-refractivity contribution in [3.05, 3.63) is 39.7 Å². The monoisotopic (exact) mass is 631 g/mol. The fourth-order valence-electron chi connectivity index (χ4n) is 5.73. The van der Waals surface area contributed by atoms with Gasteiger partial charge in [0.05, 0.1) is 26.0 Å². The number of hydrogen-bond acceptors (Lipinski definition) is 10. The molecule has 0 spiro atoms. The molecule has 44 heavy (non-hydrogen) atoms. The summed E-state index contributed by atoms with van der Waals surface area (Å²) in [7, 11) is -1.76. The predicted octanol–water partition coefficient (Wildman–Crippen LogP) is 3.63. The summed E-state index contributed by atoms with van der Waals surface area (Å²) in [4.78, 5) is 22.4. The van der Waals surface area contributed by atoms with Crippen LogP contribution in [0.15, 0.2) is 34.2 Å². The number of anilines is 2. The highest BCUT2D eigenvalue weighted by Gasteiger charge is 2.43. The number of nitrogens with zero attached hydrogens (tertiary/aromatic N) is 6. The minimum Gasteiger partial charge on any atom is -0.388 e. The van der Waals surface area contributed by atoms with Gasteiger partial charge in [-0.15, -0.1) is 10.2 Å². The van der Waals surface area contributed by atoms with Gasteiger partial charge < -0.3 is 24.6 Å². The number of H-pyrrole nitrogens is 1. The molecule has 0 saturated carbocycles. The number of tetrazole rings is 1. The van der Waals surface area contributed by atoms with E-state index in [1.54, 1.807) is 0 Å². The van der Waals surface area contributed by atoms with Crippen LogP contribution in [-0.2, 0) is 14.4 Å². The Hall–Kier alpha value is -3.56. The average molecular weight is 632 g/mol. The molecule has 0 amide bonds. The van der Waals surface area contributed by atoms with Gasteiger partial charge in [0.25, 0.3) is 0 Å². The van der Waals surface area contributed by atoms with E-state index < -0.39 is 28.3 Å². The van der Waals surface area contributed by atoms with Crippen LogP contribution in [0.1, 0.15) is 39.2 Å². The number of carbonyl (C=O) groups excluding carboxylic acids is 1. The number of aromatic nitrogens is 4. The molecule has 11 nitrogen and oxygen atoms in total. The predicted molar refractivity (Wildman–Crippen MR) is 162 cm³/mol. The molecule has 3 aromatic rings. The first kappa shape index (κ1) is 30.5. The molecule has 2 fully saturated rings. The van der Waals surface area contributed by atoms with Crippen molar-refractivity contribution in [3.63, 3.8) is 0 Å². The van der Waals surface area contributed by atoms with E-state index in [1.807, 2.05) is 39.0 Å². The van der Waals surface area contributed by atoms with Crippen LogP contribution in [0.5, 0.6) is 0 Å². The normalized spacial score (nSPS) is 19.4. The lowest BCUT2D eigenvalue weighted by Gasteiger charge is -2.29. The summed E-state index contributed by atoms with van der Waals surface area (Å²) in [6, 6.07) is 7.62. The van der Waals surface area contributed by atoms with Crippen molar-refractivity contribution in [2.75, 3.05) is 62.2 Å². The van der Waals surface area contributed by atoms with Gasteiger partial charge in [0.15, 0.2) is 0 Å². The highest BCUT2D eigenvalue weighted by atomic mass is 32.2. The molecule has 1 atom stereocenters. The van der Waals surface area contributed by atoms with Crippen molar-refractivity contribution in [2.45, 2.75) is 50.1 Å². The number of hydrogen-bond donors (Lipinski definition) is 3. The molecule has 0 radical (unpaired) electrons. The van der Waals surface area contributed by atoms with Crippen LogP contribution in [0, 0.1) is 4.51 Å². The van der Waals surface area contributed by atoms with Crippen molar-refractivity contribution >= 4 is 33.8 Å². The number of benzene rings is 2. The zero-order chi connectivity index (χ0) is 31.1. The zero-order valence-electron chi connectivity index (χ0n) is 24.9. The molecule has 1 aromatic heterocycles. The van der Waals surface area contributed by atoms with Crippen molar-refractivity contribution in [1.29, 1.82) is 0 Å². The summed E-state index contributed by atoms with van der Waals surface area (Å²) in [6.45, 7) is 12.4. The Kier molecular flexibility index (Phi) is 8.37. The molecule has 0 bridgehead atoms. The Balaban J connectivity index is 1.67. The Morgan fingerprint density at radius 1 is 0.909 bits per heavy atom. The third-order valence-corrected chi connectivity index (χ3v) is 9.68. The molecule has 4 heterocycles. The second kappa shape index (κ2) is 12.1. The van der Waals surface area contributed by atoms with Gasteiger partial charge in [-0.3, -0.25) is 0 Å². The first-order chi connectivity index (χ1) is 21.0. The summed E-state index contributed by atoms with van der Waals surface area (Å²) >= 11 is 0. The SMILES string of the molecule is CC(C)(C)c1cc(N2CCCNCC2)cc2c1=Nc1c(-c3nn[nH]n3)cc(N3CCCNCC3)cc1S=2OC(=O)C(F)(F)F. The minimum absolute atomic E-state index is 0.250. The molecule has 15 heteroatoms. The zero-order valence-corrected chi connectivity index (χ0v) is 25.7. The smallest absolute Gasteiger partial charge is 0.388 e. The number of aromatic amines is 1. The molecule has 3 N–H and O–H groups in total. The van der Waals surface area contributed by atoms with Gasteiger partial charge in [0.2, 0.25) is 5.82 Å². The van der Waals surface area contributed by atoms with Crippen LogP contribution >= 0.6 is 10.8 Å². The average Bonchev–Trinajstić information content (AvgIpc) is 3.19. The molecule has 6 rings (SSSR count). The van der Waals surface area contributed by atoms with E-state index in [4.69, 9.17) is 9.18 Å². The maximum Gasteiger partial charge on any atom is 0.492 e. The summed E-state index contributed by atoms with van der Waals surface area (Å²) in [6.07, 6.45) is -3.36. The largest absolute Gasteiger partial charge is 0.492 e. The van der Waals surface area contributed by atoms with Gasteiger partial charge in [-0.05, 0) is 66.4 Å². The van der Waals surface area contributed by atoms with Crippen molar-refractivity contribution in [3.8, 4) is 11.4 Å². The van der Waals surface area contributed by atoms with Crippen LogP contribution in [0.3, 0.4) is 0 Å². The van der Waals surface area contributed by atoms with Crippen LogP contribution in [0.2, 0.25) is 0 Å². The van der Waals surface area contributed by atoms with E-state index in [1.165, 1.54) is 0 Å². The molecule has 0 aliphatic carbocycles. The molecule has 2 saturated heterocycles. The topological polar surface area (TPSA) is 124 Å². The second-order valence-corrected chi connectivity index (χ2v) is 13.7. The molecule has 3 aliphatic heterocycles. The first-order valence-electron chi connectivity index (χ1n) is 14.8. The van der Waals surface area contributed by atoms with E-state index in [9.17, 15) is 18.0 Å². The fourth-order valence-corrected chi connectivity index (χ4v) is 7.51. The van der Waals surface area contributed by atoms with Gasteiger partial charge in [-0.25, -0.2) is 9.79 Å². The lowest BCUT2D eigenvalue weighted by atomic mass is 9.86. The summed E-state index contributed by atoms with van der Waals surface area (Å²) < 4.78 is 47.3. The maximum absolute atomic E-state index is 13.8. The number of nitrogens with one attached hydrogen (secondary N) is 3. The summed E-state index contributed by atoms with van der Waals surface area (Å²) in [5.41, 5.74) is 2.90. The van der Waals surface area contributed by atoms with Crippen LogP contribution < -0.4 is 25.8 Å². The van der Waals surface area contributed by atoms with E-state index in [0.717, 1.165) is 75.6 Å². The third kappa shape index (κ3) is 6.17. The Labute approximate surface area is 255 Å². The van der Waals surface area contributed by atoms with Crippen molar-refractivity contribution in [2.24, 2.45) is 4.99 Å². The van der Waals surface area contributed by atoms with Crippen LogP contribution in [-0.4, -0.2) is 85.1 Å². The minimum atomic E-state index is -5.17. The molecule has 3 aliphatic rings. The highest BCUT2D eigenvalue weighted by molar-refractivity contribution is 8.05. The van der Waals surface area contributed by atoms with E-state index in [0.29, 0.717) is 32.6 Å². The first-order valence-corrected chi connectivity index (χ1v) is 15.9. The number of alkyl halides is 3. The highest BCUT2D eigenvalue weighted by Crippen LogP contribution is 2.48. The van der Waals surface area contributed by atoms with Gasteiger partial charge in [-0.1, -0.05) is 20.8 Å². The lowest BCUT2D eigenvalue weighted by molar-refractivity contribution is -0.188. The molecule has 1 unspecified atom stereocenters. The number of rotatable bonds is 4. The summed E-state index contributed by atoms with van der Waals surface area (Å²) in [5.74, 6) is -1.99. The quantitative estimate of drug-likeness (QED) is 0.371. The van der Waals surface area contributed by atoms with E-state index in [2.05, 4.69) is 47.1 Å². The third-order valence-electron chi connectivity index (χ3n) is 7.94. The Morgan fingerprint density at radius 3 is 2.16 bits per heavy atom. The van der Waals surface area contributed by atoms with Gasteiger partial charge in [0.1, 0.15) is 0 Å². The molecule has 2 aromatic carbocycles. The van der Waals surface area contributed by atoms with Crippen LogP contribution in [0.25, 0.3) is 11.4 Å². The molecule has 236 valence electrons. The van der Waals surface area contributed by atoms with E-state index >= 15 is 0 Å². The van der Waals surface area contributed by atoms with E-state index in [-0.39, 0.29) is 5.82 Å². The second-order valence-electron chi connectivity index (χ2n) is 12.1. The lowest BCUT2D eigenvalue weighted by Crippen LogP contribution is -2.31. The van der Waals surface area contributed by atoms with Gasteiger partial charge in [0, 0.05) is 61.4 Å². The van der Waals surface area contributed by atoms with Crippen molar-refractivity contribution in [1.82, 2.24) is 31.3 Å². The summed E-state index contributed by atoms with van der Waals surface area (Å²) in [5, 5.41) is 21.9. The number of carbonyl (C=O) groups is 1. The standard InChI is InChI=1S/C29H36F3N9O2S/c1-28(2,3)21-15-19(41-11-5-7-34-9-13-41)17-23-25(21)35-24-20(26-36-38-39-37-26)14-18(40-10-4-6-33-8-12-40)16-22(24)44(23)43-27(42)29(30,31)32/h14-17,33-34H,4-13H2,1-3H3,(H,36,37,38,39). The number of fused-ring (bicyclic) bond motifs is 2. The van der Waals surface area contributed by atoms with Crippen LogP contribution in [0.4, 0.5) is 30.2 Å². The molecular weight excluding hydrogens is 595 g/mol. The fraction of sp³-hybridized carbons (Fsp3) is 0.517. The Bertz CT molecular complexity index is 1660. The number of halogens is 3. The van der Waals surface area contributed by atoms with Crippen molar-refractivity contribution < 1.29 is 22.1 Å². The van der Waals surface area contributed by atoms with Gasteiger partial charge in [-0.2, -0.15) is 18.4 Å².